The van der Waals surface area contributed by atoms with Gasteiger partial charge in [0, 0.05) is 25.0 Å². The second-order valence-corrected chi connectivity index (χ2v) is 7.66. The maximum absolute atomic E-state index is 11.9. The number of carbonyl (C=O) groups is 2. The molecule has 0 bridgehead atoms. The first-order valence-electron chi connectivity index (χ1n) is 8.62. The molecule has 1 fully saturated rings. The molecule has 1 heterocycles. The average Bonchev–Trinajstić information content (AvgIpc) is 2.66. The molecule has 1 aliphatic heterocycles. The lowest BCUT2D eigenvalue weighted by Gasteiger charge is -2.26. The minimum absolute atomic E-state index is 0.0851. The minimum atomic E-state index is -3.64. The van der Waals surface area contributed by atoms with E-state index in [2.05, 4.69) is 4.72 Å². The van der Waals surface area contributed by atoms with Gasteiger partial charge in [-0.2, -0.15) is 0 Å². The van der Waals surface area contributed by atoms with Crippen LogP contribution in [0.2, 0.25) is 0 Å². The maximum Gasteiger partial charge on any atom is 0.307 e. The molecule has 0 saturated carbocycles. The summed E-state index contributed by atoms with van der Waals surface area (Å²) in [6, 6.07) is 9.01. The van der Waals surface area contributed by atoms with Crippen LogP contribution >= 0.6 is 0 Å². The van der Waals surface area contributed by atoms with Gasteiger partial charge in [0.05, 0.1) is 6.42 Å². The summed E-state index contributed by atoms with van der Waals surface area (Å²) in [5, 5.41) is 1.05. The molecule has 0 aliphatic carbocycles. The van der Waals surface area contributed by atoms with Crippen LogP contribution in [0, 0.1) is 0 Å². The maximum atomic E-state index is 11.9. The Morgan fingerprint density at radius 1 is 1.12 bits per heavy atom. The van der Waals surface area contributed by atoms with Crippen molar-refractivity contribution >= 4 is 28.0 Å². The topological polar surface area (TPSA) is 92.8 Å². The highest BCUT2D eigenvalue weighted by atomic mass is 32.2. The molecule has 7 nitrogen and oxygen atoms in total. The molecular weight excluding hydrogens is 356 g/mol. The minimum Gasteiger partial charge on any atom is -0.456 e. The van der Waals surface area contributed by atoms with Crippen LogP contribution in [0.4, 0.5) is 0 Å². The fraction of sp³-hybridized carbons (Fsp3) is 0.444. The lowest BCUT2D eigenvalue weighted by Crippen LogP contribution is -2.38. The standard InChI is InChI=1S/C18H24N2O5S/c21-17(20-12-5-2-6-13-20)15-25-18(22)9-11-19-26(23,24)14-10-16-7-3-1-4-8-16/h1,3-4,7-8,10,14,19H,2,5-6,9,11-13,15H2/b14-10+. The lowest BCUT2D eigenvalue weighted by molar-refractivity contribution is -0.152. The van der Waals surface area contributed by atoms with Gasteiger partial charge in [-0.05, 0) is 30.9 Å². The third kappa shape index (κ3) is 7.37. The van der Waals surface area contributed by atoms with Crippen molar-refractivity contribution in [2.24, 2.45) is 0 Å². The molecule has 1 amide bonds. The molecule has 1 aliphatic rings. The van der Waals surface area contributed by atoms with Crippen molar-refractivity contribution < 1.29 is 22.7 Å². The zero-order valence-electron chi connectivity index (χ0n) is 14.6. The predicted octanol–water partition coefficient (Wildman–Crippen LogP) is 1.52. The molecule has 0 unspecified atom stereocenters. The number of likely N-dealkylation sites (tertiary alicyclic amines) is 1. The smallest absolute Gasteiger partial charge is 0.307 e. The molecule has 8 heteroatoms. The highest BCUT2D eigenvalue weighted by molar-refractivity contribution is 7.92. The van der Waals surface area contributed by atoms with E-state index in [0.717, 1.165) is 30.2 Å². The molecule has 0 radical (unpaired) electrons. The summed E-state index contributed by atoms with van der Waals surface area (Å²) in [6.45, 7) is 1.02. The Morgan fingerprint density at radius 3 is 2.50 bits per heavy atom. The molecule has 142 valence electrons. The fourth-order valence-corrected chi connectivity index (χ4v) is 3.34. The highest BCUT2D eigenvalue weighted by Crippen LogP contribution is 2.08. The molecule has 0 atom stereocenters. The van der Waals surface area contributed by atoms with E-state index in [1.807, 2.05) is 6.07 Å². The van der Waals surface area contributed by atoms with Crippen LogP contribution in [0.25, 0.3) is 6.08 Å². The number of carbonyl (C=O) groups excluding carboxylic acids is 2. The van der Waals surface area contributed by atoms with Gasteiger partial charge in [0.2, 0.25) is 10.0 Å². The van der Waals surface area contributed by atoms with Crippen molar-refractivity contribution in [1.29, 1.82) is 0 Å². The predicted molar refractivity (Wildman–Crippen MR) is 98.4 cm³/mol. The van der Waals surface area contributed by atoms with E-state index in [0.29, 0.717) is 13.1 Å². The van der Waals surface area contributed by atoms with E-state index in [-0.39, 0.29) is 25.5 Å². The number of rotatable bonds is 8. The Kier molecular flexibility index (Phi) is 7.80. The average molecular weight is 380 g/mol. The van der Waals surface area contributed by atoms with E-state index in [9.17, 15) is 18.0 Å². The van der Waals surface area contributed by atoms with Crippen molar-refractivity contribution in [2.75, 3.05) is 26.2 Å². The summed E-state index contributed by atoms with van der Waals surface area (Å²) >= 11 is 0. The van der Waals surface area contributed by atoms with Gasteiger partial charge in [0.1, 0.15) is 0 Å². The molecule has 0 aromatic heterocycles. The van der Waals surface area contributed by atoms with Crippen LogP contribution in [0.5, 0.6) is 0 Å². The van der Waals surface area contributed by atoms with Gasteiger partial charge in [-0.25, -0.2) is 13.1 Å². The first-order valence-corrected chi connectivity index (χ1v) is 10.2. The summed E-state index contributed by atoms with van der Waals surface area (Å²) in [4.78, 5) is 25.2. The Labute approximate surface area is 154 Å². The second-order valence-electron chi connectivity index (χ2n) is 6.00. The Balaban J connectivity index is 1.67. The fourth-order valence-electron chi connectivity index (χ4n) is 2.52. The number of amides is 1. The first-order chi connectivity index (χ1) is 12.5. The molecule has 1 N–H and O–H groups in total. The zero-order valence-corrected chi connectivity index (χ0v) is 15.4. The van der Waals surface area contributed by atoms with Crippen LogP contribution in [-0.4, -0.2) is 51.4 Å². The summed E-state index contributed by atoms with van der Waals surface area (Å²) in [5.41, 5.74) is 0.758. The number of sulfonamides is 1. The van der Waals surface area contributed by atoms with Gasteiger partial charge >= 0.3 is 5.97 Å². The van der Waals surface area contributed by atoms with E-state index in [1.165, 1.54) is 6.08 Å². The van der Waals surface area contributed by atoms with Crippen molar-refractivity contribution in [2.45, 2.75) is 25.7 Å². The van der Waals surface area contributed by atoms with Crippen LogP contribution in [0.3, 0.4) is 0 Å². The first kappa shape index (κ1) is 20.1. The van der Waals surface area contributed by atoms with Gasteiger partial charge in [0.15, 0.2) is 6.61 Å². The largest absolute Gasteiger partial charge is 0.456 e. The number of benzene rings is 1. The number of nitrogens with zero attached hydrogens (tertiary/aromatic N) is 1. The Morgan fingerprint density at radius 2 is 1.81 bits per heavy atom. The summed E-state index contributed by atoms with van der Waals surface area (Å²) < 4.78 is 30.9. The highest BCUT2D eigenvalue weighted by Gasteiger charge is 2.18. The zero-order chi connectivity index (χ0) is 18.8. The number of ether oxygens (including phenoxy) is 1. The number of hydrogen-bond acceptors (Lipinski definition) is 5. The monoisotopic (exact) mass is 380 g/mol. The molecule has 2 rings (SSSR count). The molecular formula is C18H24N2O5S. The second kappa shape index (κ2) is 10.1. The SMILES string of the molecule is O=C(CCNS(=O)(=O)/C=C/c1ccccc1)OCC(=O)N1CCCCC1. The van der Waals surface area contributed by atoms with E-state index in [1.54, 1.807) is 29.2 Å². The van der Waals surface area contributed by atoms with E-state index >= 15 is 0 Å². The number of hydrogen-bond donors (Lipinski definition) is 1. The molecule has 1 aromatic carbocycles. The van der Waals surface area contributed by atoms with Crippen molar-refractivity contribution in [3.63, 3.8) is 0 Å². The van der Waals surface area contributed by atoms with Crippen LogP contribution in [-0.2, 0) is 24.3 Å². The quantitative estimate of drug-likeness (QED) is 0.690. The lowest BCUT2D eigenvalue weighted by atomic mass is 10.1. The summed E-state index contributed by atoms with van der Waals surface area (Å²) in [7, 11) is -3.64. The summed E-state index contributed by atoms with van der Waals surface area (Å²) in [6.07, 6.45) is 4.39. The third-order valence-corrected chi connectivity index (χ3v) is 5.04. The van der Waals surface area contributed by atoms with Crippen molar-refractivity contribution in [3.8, 4) is 0 Å². The molecule has 1 aromatic rings. The molecule has 26 heavy (non-hydrogen) atoms. The van der Waals surface area contributed by atoms with Gasteiger partial charge in [-0.15, -0.1) is 0 Å². The van der Waals surface area contributed by atoms with Crippen LogP contribution < -0.4 is 4.72 Å². The summed E-state index contributed by atoms with van der Waals surface area (Å²) in [5.74, 6) is -0.811. The number of nitrogens with one attached hydrogen (secondary N) is 1. The molecule has 1 saturated heterocycles. The molecule has 0 spiro atoms. The van der Waals surface area contributed by atoms with Crippen molar-refractivity contribution in [3.05, 3.63) is 41.3 Å². The van der Waals surface area contributed by atoms with E-state index in [4.69, 9.17) is 4.74 Å². The van der Waals surface area contributed by atoms with Gasteiger partial charge in [-0.1, -0.05) is 30.3 Å². The van der Waals surface area contributed by atoms with Crippen LogP contribution in [0.1, 0.15) is 31.2 Å². The third-order valence-electron chi connectivity index (χ3n) is 3.94. The van der Waals surface area contributed by atoms with Gasteiger partial charge < -0.3 is 9.64 Å². The van der Waals surface area contributed by atoms with Crippen LogP contribution in [0.15, 0.2) is 35.7 Å². The number of piperidine rings is 1. The Bertz CT molecular complexity index is 725. The van der Waals surface area contributed by atoms with Gasteiger partial charge in [-0.3, -0.25) is 9.59 Å². The normalized spacial score (nSPS) is 15.2. The van der Waals surface area contributed by atoms with Gasteiger partial charge in [0.25, 0.3) is 5.91 Å². The van der Waals surface area contributed by atoms with E-state index < -0.39 is 16.0 Å². The number of esters is 1. The van der Waals surface area contributed by atoms with Crippen molar-refractivity contribution in [1.82, 2.24) is 9.62 Å². The Hall–Kier alpha value is -2.19.